The molecule has 0 saturated carbocycles. The molecule has 27 rings (SSSR count). The summed E-state index contributed by atoms with van der Waals surface area (Å²) in [4.78, 5) is 27.6. The molecule has 145 heavy (non-hydrogen) atoms. The molecule has 0 amide bonds. The first-order valence-electron chi connectivity index (χ1n) is 53.9. The van der Waals surface area contributed by atoms with E-state index >= 15 is 0 Å². The normalized spacial score (nSPS) is 19.2. The van der Waals surface area contributed by atoms with Crippen molar-refractivity contribution in [2.75, 3.05) is 294 Å². The van der Waals surface area contributed by atoms with Gasteiger partial charge in [-0.25, -0.2) is 31.6 Å². The third kappa shape index (κ3) is 20.1. The molecule has 6 saturated heterocycles. The summed E-state index contributed by atoms with van der Waals surface area (Å²) in [5, 5.41) is 59.0. The van der Waals surface area contributed by atoms with Gasteiger partial charge < -0.3 is 110 Å². The van der Waals surface area contributed by atoms with Crippen LogP contribution in [0.15, 0.2) is 84.9 Å². The number of pyridine rings is 7. The molecule has 0 radical (unpaired) electrons. The molecule has 2 unspecified atom stereocenters. The van der Waals surface area contributed by atoms with Crippen molar-refractivity contribution in [2.45, 2.75) is 166 Å². The molecule has 774 valence electrons. The minimum atomic E-state index is -0.255. The highest BCUT2D eigenvalue weighted by Gasteiger charge is 2.35. The van der Waals surface area contributed by atoms with Gasteiger partial charge in [0.1, 0.15) is 39.8 Å². The number of hydrogen-bond acceptors (Lipinski definition) is 30. The van der Waals surface area contributed by atoms with Crippen molar-refractivity contribution < 1.29 is 10.2 Å². The number of aryl methyl sites for hydroxylation is 14. The quantitative estimate of drug-likeness (QED) is 0.0386. The number of nitrogens with zero attached hydrogens (tertiary/aromatic N) is 26. The Morgan fingerprint density at radius 3 is 0.917 bits per heavy atom. The van der Waals surface area contributed by atoms with Crippen LogP contribution >= 0.6 is 0 Å². The van der Waals surface area contributed by atoms with Gasteiger partial charge >= 0.3 is 0 Å². The Kier molecular flexibility index (Phi) is 29.3. The van der Waals surface area contributed by atoms with Crippen LogP contribution in [0, 0.1) is 0 Å². The number of nitrogens with one attached hydrogen (secondary N) is 2. The Hall–Kier alpha value is -12.3. The Morgan fingerprint density at radius 2 is 0.614 bits per heavy atom. The maximum Gasteiger partial charge on any atom is 0.175 e. The number of β-amino-alcohol motifs (C(OH)–C–C–N with tert-alkyl or cyclic N) is 2. The molecule has 14 aromatic heterocycles. The Balaban J connectivity index is 0.0000000997. The molecule has 18 N–H and O–H groups in total. The van der Waals surface area contributed by atoms with Crippen LogP contribution in [0.4, 0.5) is 80.5 Å². The predicted octanol–water partition coefficient (Wildman–Crippen LogP) is 7.87. The van der Waals surface area contributed by atoms with Crippen LogP contribution in [0.3, 0.4) is 0 Å². The smallest absolute Gasteiger partial charge is 0.175 e. The second-order valence-corrected chi connectivity index (χ2v) is 42.9. The third-order valence-electron chi connectivity index (χ3n) is 32.7. The van der Waals surface area contributed by atoms with Gasteiger partial charge in [0.15, 0.2) is 40.7 Å². The van der Waals surface area contributed by atoms with E-state index in [-0.39, 0.29) is 12.7 Å². The van der Waals surface area contributed by atoms with Crippen molar-refractivity contribution in [3.63, 3.8) is 0 Å². The summed E-state index contributed by atoms with van der Waals surface area (Å²) in [6, 6.07) is 30.9. The van der Waals surface area contributed by atoms with Crippen LogP contribution in [0.1, 0.15) is 143 Å². The number of likely N-dealkylation sites (N-methyl/N-ethyl adjacent to an activating group) is 3. The third-order valence-corrected chi connectivity index (χ3v) is 32.7. The lowest BCUT2D eigenvalue weighted by Gasteiger charge is -2.35. The van der Waals surface area contributed by atoms with Gasteiger partial charge in [-0.15, -0.1) is 35.7 Å². The number of aromatic nitrogens is 14. The van der Waals surface area contributed by atoms with Crippen LogP contribution in [-0.4, -0.2) is 339 Å². The van der Waals surface area contributed by atoms with E-state index in [4.69, 9.17) is 75.8 Å². The maximum absolute atomic E-state index is 9.66. The van der Waals surface area contributed by atoms with Gasteiger partial charge in [0.05, 0.1) is 51.3 Å². The molecule has 13 aliphatic rings. The second kappa shape index (κ2) is 43.0. The average Bonchev–Trinajstić information content (AvgIpc) is 1.59. The zero-order valence-corrected chi connectivity index (χ0v) is 86.7. The van der Waals surface area contributed by atoms with Crippen LogP contribution in [0.2, 0.25) is 0 Å². The zero-order chi connectivity index (χ0) is 100.0. The molecular formula is C108H155N35O2. The molecule has 6 aliphatic heterocycles. The molecule has 37 heteroatoms. The number of anilines is 14. The van der Waals surface area contributed by atoms with Gasteiger partial charge in [-0.05, 0) is 291 Å². The van der Waals surface area contributed by atoms with E-state index in [1.807, 2.05) is 9.03 Å². The Morgan fingerprint density at radius 1 is 0.324 bits per heavy atom. The fraction of sp³-hybridized carbons (Fsp3) is 0.546. The van der Waals surface area contributed by atoms with E-state index in [2.05, 4.69) is 231 Å². The summed E-state index contributed by atoms with van der Waals surface area (Å²) in [6.07, 6.45) is 27.3. The number of aliphatic hydroxyl groups is 2. The Bertz CT molecular complexity index is 6840. The van der Waals surface area contributed by atoms with Crippen molar-refractivity contribution in [2.24, 2.45) is 0 Å². The number of nitrogen functional groups attached to an aromatic ring is 7. The van der Waals surface area contributed by atoms with E-state index in [1.165, 1.54) is 156 Å². The standard InChI is InChI=1S/C18H28N6.C16H23N5O.C16H23N5.C15H21N5.C15H23N5.C14H19N5.C14H18N4O/c1-21(2)8-9-22-10-12-23(13-11-22)18-17(19)16-7-6-14-4-3-5-15(14)24(16)20-18;17-15-14-5-4-12-2-1-3-13(12)21(14)18-16(15)20-8-6-19(7-9-20)10-11-22;1-19(2)12-8-9-20(10-12)16-15(17)14-7-6-11-4-3-5-13(11)21(14)18-16;1-18-7-9-19(10-8-18)15-14(16)13-6-5-11-3-2-4-12(11)20(13)17-15;1-19(2)10-4-9-17-15-14(16)13-8-7-11-5-3-6-12(11)20(13)18-15;15-13-12-5-4-10-2-1-3-11(10)19(12)17-14(13)18-8-6-16-7-9-18;15-13-12-5-4-9-2-1-3-11(9)18(12)16-14(13)17-7-6-10(19)8-17/h6-7H,3-5,8-13,19H2,1-2H3;4-5,22H,1-3,6-11,17H2;6-7,12H,3-5,8-10,17H2,1-2H3;5-6H,2-4,7-10,16H2,1H3;7-8H,3-6,9-10,16H2,1-2H3,(H,17,18);4-5,16H,1-3,6-9,15H2;4-5,10,19H,1-3,6-8,15H2. The van der Waals surface area contributed by atoms with Crippen LogP contribution in [0.5, 0.6) is 0 Å². The van der Waals surface area contributed by atoms with Gasteiger partial charge in [-0.1, -0.05) is 42.5 Å². The fourth-order valence-electron chi connectivity index (χ4n) is 24.2. The van der Waals surface area contributed by atoms with E-state index in [0.29, 0.717) is 12.6 Å². The number of hydrogen-bond donors (Lipinski definition) is 11. The summed E-state index contributed by atoms with van der Waals surface area (Å²) in [5.74, 6) is 6.45. The summed E-state index contributed by atoms with van der Waals surface area (Å²) in [6.45, 7) is 24.7. The van der Waals surface area contributed by atoms with Gasteiger partial charge in [-0.3, -0.25) is 9.80 Å². The van der Waals surface area contributed by atoms with Crippen molar-refractivity contribution in [3.8, 4) is 0 Å². The fourth-order valence-corrected chi connectivity index (χ4v) is 24.2. The van der Waals surface area contributed by atoms with Gasteiger partial charge in [-0.2, -0.15) is 0 Å². The van der Waals surface area contributed by atoms with Gasteiger partial charge in [0.2, 0.25) is 0 Å². The molecule has 2 atom stereocenters. The number of fused-ring (bicyclic) bond motifs is 21. The molecule has 0 spiro atoms. The van der Waals surface area contributed by atoms with Crippen LogP contribution in [0.25, 0.3) is 38.6 Å². The first-order valence-corrected chi connectivity index (χ1v) is 53.9. The predicted molar refractivity (Wildman–Crippen MR) is 588 cm³/mol. The molecule has 7 aliphatic carbocycles. The molecule has 20 heterocycles. The molecule has 6 fully saturated rings. The highest BCUT2D eigenvalue weighted by atomic mass is 16.3. The van der Waals surface area contributed by atoms with E-state index in [1.54, 1.807) is 0 Å². The first kappa shape index (κ1) is 98.7. The second-order valence-electron chi connectivity index (χ2n) is 42.9. The highest BCUT2D eigenvalue weighted by Crippen LogP contribution is 2.41. The van der Waals surface area contributed by atoms with Gasteiger partial charge in [0.25, 0.3) is 0 Å². The van der Waals surface area contributed by atoms with E-state index in [0.717, 1.165) is 353 Å². The maximum atomic E-state index is 9.66. The van der Waals surface area contributed by atoms with E-state index in [9.17, 15) is 5.11 Å². The molecule has 37 nitrogen and oxygen atoms in total. The van der Waals surface area contributed by atoms with Gasteiger partial charge in [0, 0.05) is 203 Å². The molecular weight excluding hydrogens is 1820 g/mol. The van der Waals surface area contributed by atoms with Crippen molar-refractivity contribution >= 4 is 119 Å². The first-order chi connectivity index (χ1) is 70.5. The highest BCUT2D eigenvalue weighted by molar-refractivity contribution is 5.88. The number of aliphatic hydroxyl groups excluding tert-OH is 2. The summed E-state index contributed by atoms with van der Waals surface area (Å²) >= 11 is 0. The minimum absolute atomic E-state index is 0.225. The number of rotatable bonds is 17. The lowest BCUT2D eigenvalue weighted by Crippen LogP contribution is -2.48. The lowest BCUT2D eigenvalue weighted by atomic mass is 10.2. The summed E-state index contributed by atoms with van der Waals surface area (Å²) in [5.41, 5.74) is 76.7. The van der Waals surface area contributed by atoms with Crippen molar-refractivity contribution in [1.29, 1.82) is 0 Å². The number of piperazine rings is 4. The number of nitrogens with two attached hydrogens (primary N) is 7. The Labute approximate surface area is 851 Å². The molecule has 0 aromatic carbocycles. The van der Waals surface area contributed by atoms with Crippen molar-refractivity contribution in [3.05, 3.63) is 164 Å². The van der Waals surface area contributed by atoms with Crippen LogP contribution in [-0.2, 0) is 89.9 Å². The topological polar surface area (TPSA) is 407 Å². The zero-order valence-electron chi connectivity index (χ0n) is 86.7. The monoisotopic (exact) mass is 1970 g/mol. The largest absolute Gasteiger partial charge is 0.395 e. The van der Waals surface area contributed by atoms with Crippen LogP contribution < -0.4 is 80.2 Å². The molecule has 0 bridgehead atoms. The lowest BCUT2D eigenvalue weighted by molar-refractivity contribution is 0.188. The SMILES string of the molecule is CN(C)C1CCN(c2nn3c4c(ccc3c2N)CCC4)C1.CN(C)CCCNc1nn2c3c(ccc2c1N)CCC3.CN(C)CCN1CCN(c2nn3c4c(ccc3c2N)CCC4)CC1.CN1CCN(c2nn3c4c(ccc3c2N)CCC4)CC1.Nc1c(N2CCC(O)C2)nn2c3c(ccc12)CCC3.Nc1c(N2CCN(CCO)CC2)nn2c3c(ccc12)CCC3.Nc1c(N2CCNCC2)nn2c3c(ccc12)CCC3. The summed E-state index contributed by atoms with van der Waals surface area (Å²) < 4.78 is 14.5. The summed E-state index contributed by atoms with van der Waals surface area (Å²) in [7, 11) is 14.9. The van der Waals surface area contributed by atoms with Crippen molar-refractivity contribution in [1.82, 2.24) is 102 Å². The minimum Gasteiger partial charge on any atom is -0.395 e. The van der Waals surface area contributed by atoms with E-state index < -0.39 is 0 Å². The molecule has 14 aromatic rings. The average molecular weight is 1980 g/mol.